The highest BCUT2D eigenvalue weighted by Crippen LogP contribution is 2.18. The highest BCUT2D eigenvalue weighted by Gasteiger charge is 2.16. The second kappa shape index (κ2) is 18.0. The molecule has 0 aliphatic carbocycles. The van der Waals surface area contributed by atoms with Gasteiger partial charge in [0.25, 0.3) is 0 Å². The summed E-state index contributed by atoms with van der Waals surface area (Å²) < 4.78 is 16.0. The third-order valence-corrected chi connectivity index (χ3v) is 6.10. The molecule has 0 heterocycles. The van der Waals surface area contributed by atoms with Crippen molar-refractivity contribution in [2.24, 2.45) is 0 Å². The van der Waals surface area contributed by atoms with Gasteiger partial charge in [0.15, 0.2) is 6.10 Å². The number of methoxy groups -OCH3 is 1. The number of anilines is 1. The summed E-state index contributed by atoms with van der Waals surface area (Å²) in [5.74, 6) is 1.70. The molecular formula is C22H35IN2O6S. The van der Waals surface area contributed by atoms with Crippen LogP contribution in [0.1, 0.15) is 33.1 Å². The van der Waals surface area contributed by atoms with E-state index in [1.165, 1.54) is 32.6 Å². The molecule has 1 rings (SSSR count). The van der Waals surface area contributed by atoms with Gasteiger partial charge in [-0.3, -0.25) is 14.4 Å². The molecule has 10 heteroatoms. The van der Waals surface area contributed by atoms with Crippen LogP contribution in [0.2, 0.25) is 0 Å². The minimum Gasteiger partial charge on any atom is -1.00 e. The Kier molecular flexibility index (Phi) is 17.1. The minimum absolute atomic E-state index is 0. The molecule has 1 aromatic rings. The number of unbranched alkanes of at least 4 members (excludes halogenated alkanes) is 1. The fourth-order valence-corrected chi connectivity index (χ4v) is 4.08. The molecule has 0 radical (unpaired) electrons. The van der Waals surface area contributed by atoms with Crippen LogP contribution in [0.4, 0.5) is 5.69 Å². The van der Waals surface area contributed by atoms with Gasteiger partial charge in [0.2, 0.25) is 11.8 Å². The average molecular weight is 583 g/mol. The van der Waals surface area contributed by atoms with E-state index in [2.05, 4.69) is 23.8 Å². The summed E-state index contributed by atoms with van der Waals surface area (Å²) in [5, 5.41) is 5.29. The lowest BCUT2D eigenvalue weighted by atomic mass is 10.3. The van der Waals surface area contributed by atoms with Gasteiger partial charge in [-0.25, -0.2) is 0 Å². The van der Waals surface area contributed by atoms with Crippen LogP contribution in [-0.2, 0) is 34.8 Å². The minimum atomic E-state index is -0.630. The molecule has 2 amide bonds. The third-order valence-electron chi connectivity index (χ3n) is 4.21. The van der Waals surface area contributed by atoms with E-state index in [1.807, 2.05) is 0 Å². The monoisotopic (exact) mass is 582 g/mol. The largest absolute Gasteiger partial charge is 1.00 e. The molecule has 0 aliphatic heterocycles. The Hall–Kier alpha value is -1.53. The maximum Gasteiger partial charge on any atom is 0.325 e. The number of amides is 2. The van der Waals surface area contributed by atoms with E-state index in [0.29, 0.717) is 17.9 Å². The Balaban J connectivity index is 0.00000961. The second-order valence-corrected chi connectivity index (χ2v) is 9.54. The van der Waals surface area contributed by atoms with Crippen molar-refractivity contribution in [2.45, 2.75) is 39.2 Å². The van der Waals surface area contributed by atoms with Crippen LogP contribution in [0.15, 0.2) is 24.3 Å². The first-order valence-corrected chi connectivity index (χ1v) is 12.4. The van der Waals surface area contributed by atoms with Crippen LogP contribution in [-0.4, -0.2) is 68.5 Å². The summed E-state index contributed by atoms with van der Waals surface area (Å²) in [7, 11) is 1.76. The van der Waals surface area contributed by atoms with Gasteiger partial charge < -0.3 is 48.8 Å². The van der Waals surface area contributed by atoms with Gasteiger partial charge >= 0.3 is 5.97 Å². The van der Waals surface area contributed by atoms with Crippen molar-refractivity contribution in [1.29, 1.82) is 0 Å². The highest BCUT2D eigenvalue weighted by molar-refractivity contribution is 7.96. The normalized spacial score (nSPS) is 12.1. The first kappa shape index (κ1) is 30.5. The number of carbonyl (C=O) groups is 3. The number of carbonyl (C=O) groups excluding carboxylic acids is 3. The zero-order valence-electron chi connectivity index (χ0n) is 19.3. The Bertz CT molecular complexity index is 707. The Morgan fingerprint density at radius 2 is 1.91 bits per heavy atom. The van der Waals surface area contributed by atoms with Gasteiger partial charge in [0, 0.05) is 25.8 Å². The Labute approximate surface area is 210 Å². The molecule has 0 aliphatic rings. The number of halogens is 1. The number of nitrogens with one attached hydrogen (secondary N) is 2. The first-order chi connectivity index (χ1) is 14.8. The van der Waals surface area contributed by atoms with Gasteiger partial charge in [0.05, 0.1) is 19.3 Å². The molecule has 182 valence electrons. The van der Waals surface area contributed by atoms with E-state index >= 15 is 0 Å². The summed E-state index contributed by atoms with van der Waals surface area (Å²) in [6, 6.07) is 7.06. The predicted molar refractivity (Wildman–Crippen MR) is 124 cm³/mol. The summed E-state index contributed by atoms with van der Waals surface area (Å²) in [4.78, 5) is 34.9. The third kappa shape index (κ3) is 14.5. The summed E-state index contributed by atoms with van der Waals surface area (Å²) in [5.41, 5.74) is 0.651. The maximum absolute atomic E-state index is 12.2. The van der Waals surface area contributed by atoms with Gasteiger partial charge in [-0.05, 0) is 29.4 Å². The fourth-order valence-electron chi connectivity index (χ4n) is 2.56. The predicted octanol–water partition coefficient (Wildman–Crippen LogP) is -0.859. The highest BCUT2D eigenvalue weighted by atomic mass is 127. The summed E-state index contributed by atoms with van der Waals surface area (Å²) >= 11 is 0. The number of esters is 1. The zero-order valence-corrected chi connectivity index (χ0v) is 22.3. The van der Waals surface area contributed by atoms with E-state index in [9.17, 15) is 14.4 Å². The molecule has 2 N–H and O–H groups in total. The number of benzene rings is 1. The topological polar surface area (TPSA) is 103 Å². The molecule has 8 nitrogen and oxygen atoms in total. The lowest BCUT2D eigenvalue weighted by molar-refractivity contribution is -0.153. The molecule has 0 saturated carbocycles. The van der Waals surface area contributed by atoms with Crippen LogP contribution >= 0.6 is 0 Å². The molecule has 0 bridgehead atoms. The maximum atomic E-state index is 12.2. The van der Waals surface area contributed by atoms with Crippen molar-refractivity contribution in [1.82, 2.24) is 5.32 Å². The van der Waals surface area contributed by atoms with Gasteiger partial charge in [-0.2, -0.15) is 0 Å². The number of rotatable bonds is 15. The lowest BCUT2D eigenvalue weighted by Crippen LogP contribution is -3.00. The molecule has 32 heavy (non-hydrogen) atoms. The lowest BCUT2D eigenvalue weighted by Gasteiger charge is -2.18. The first-order valence-electron chi connectivity index (χ1n) is 10.4. The van der Waals surface area contributed by atoms with Gasteiger partial charge in [-0.1, -0.05) is 19.4 Å². The Morgan fingerprint density at radius 3 is 2.56 bits per heavy atom. The van der Waals surface area contributed by atoms with Gasteiger partial charge in [-0.15, -0.1) is 0 Å². The SMILES string of the molecule is CCCC[S+](C)CCC(=O)Nc1cccc(OCC(COC)OC(=O)CNC(C)=O)c1.[I-]. The molecule has 0 saturated heterocycles. The van der Waals surface area contributed by atoms with Crippen molar-refractivity contribution in [3.8, 4) is 5.75 Å². The quantitative estimate of drug-likeness (QED) is 0.159. The van der Waals surface area contributed by atoms with Crippen LogP contribution in [0.5, 0.6) is 5.75 Å². The number of hydrogen-bond acceptors (Lipinski definition) is 6. The smallest absolute Gasteiger partial charge is 0.325 e. The standard InChI is InChI=1S/C22H34N2O6S.HI/c1-5-6-11-31(4)12-10-21(26)24-18-8-7-9-19(13-18)29-16-20(15-28-3)30-22(27)14-23-17(2)25;/h7-9,13,20H,5-6,10-12,14-16H2,1-4H3,(H-,23,24,25,26);1H. The van der Waals surface area contributed by atoms with E-state index in [1.54, 1.807) is 24.3 Å². The molecule has 0 aromatic heterocycles. The number of ether oxygens (including phenoxy) is 3. The molecule has 2 atom stereocenters. The van der Waals surface area contributed by atoms with Gasteiger partial charge in [0.1, 0.15) is 30.4 Å². The summed E-state index contributed by atoms with van der Waals surface area (Å²) in [6.07, 6.45) is 4.45. The van der Waals surface area contributed by atoms with Crippen LogP contribution in [0.25, 0.3) is 0 Å². The molecule has 1 aromatic carbocycles. The molecular weight excluding hydrogens is 547 g/mol. The van der Waals surface area contributed by atoms with Crippen LogP contribution in [0.3, 0.4) is 0 Å². The zero-order chi connectivity index (χ0) is 23.1. The van der Waals surface area contributed by atoms with Crippen molar-refractivity contribution in [3.05, 3.63) is 24.3 Å². The van der Waals surface area contributed by atoms with E-state index in [4.69, 9.17) is 14.2 Å². The van der Waals surface area contributed by atoms with Crippen molar-refractivity contribution in [2.75, 3.05) is 49.9 Å². The van der Waals surface area contributed by atoms with Crippen molar-refractivity contribution >= 4 is 34.4 Å². The summed E-state index contributed by atoms with van der Waals surface area (Å²) in [6.45, 7) is 3.51. The molecule has 0 fully saturated rings. The van der Waals surface area contributed by atoms with Crippen molar-refractivity contribution < 1.29 is 52.6 Å². The van der Waals surface area contributed by atoms with Crippen molar-refractivity contribution in [3.63, 3.8) is 0 Å². The van der Waals surface area contributed by atoms with E-state index < -0.39 is 12.1 Å². The second-order valence-electron chi connectivity index (χ2n) is 7.16. The Morgan fingerprint density at radius 1 is 1.16 bits per heavy atom. The molecule has 0 spiro atoms. The van der Waals surface area contributed by atoms with E-state index in [-0.39, 0.29) is 66.4 Å². The van der Waals surface area contributed by atoms with E-state index in [0.717, 1.165) is 5.75 Å². The fraction of sp³-hybridized carbons (Fsp3) is 0.591. The number of hydrogen-bond donors (Lipinski definition) is 2. The molecule has 2 unspecified atom stereocenters. The van der Waals surface area contributed by atoms with Crippen LogP contribution < -0.4 is 39.3 Å². The average Bonchev–Trinajstić information content (AvgIpc) is 2.73. The van der Waals surface area contributed by atoms with Crippen LogP contribution in [0, 0.1) is 0 Å².